The Labute approximate surface area is 168 Å². The molecule has 2 amide bonds. The number of anilines is 2. The summed E-state index contributed by atoms with van der Waals surface area (Å²) in [5.74, 6) is 0.437. The van der Waals surface area contributed by atoms with Crippen LogP contribution in [-0.2, 0) is 0 Å². The number of furan rings is 1. The molecule has 1 aliphatic rings. The summed E-state index contributed by atoms with van der Waals surface area (Å²) in [6.07, 6.45) is 6.75. The van der Waals surface area contributed by atoms with E-state index >= 15 is 0 Å². The lowest BCUT2D eigenvalue weighted by atomic mass is 10.1. The summed E-state index contributed by atoms with van der Waals surface area (Å²) in [6.45, 7) is 1.55. The van der Waals surface area contributed by atoms with Crippen molar-refractivity contribution in [3.63, 3.8) is 0 Å². The molecule has 3 aromatic rings. The molecule has 0 radical (unpaired) electrons. The Morgan fingerprint density at radius 3 is 2.55 bits per heavy atom. The third-order valence-electron chi connectivity index (χ3n) is 4.74. The van der Waals surface area contributed by atoms with Crippen LogP contribution < -0.4 is 15.5 Å². The summed E-state index contributed by atoms with van der Waals surface area (Å²) < 4.78 is 5.07. The number of hydrogen-bond acceptors (Lipinski definition) is 6. The van der Waals surface area contributed by atoms with Crippen molar-refractivity contribution in [2.45, 2.75) is 18.9 Å². The fourth-order valence-electron chi connectivity index (χ4n) is 3.31. The zero-order valence-corrected chi connectivity index (χ0v) is 15.7. The summed E-state index contributed by atoms with van der Waals surface area (Å²) in [6, 6.07) is 11.8. The first-order chi connectivity index (χ1) is 14.2. The molecule has 1 atom stereocenters. The summed E-state index contributed by atoms with van der Waals surface area (Å²) in [7, 11) is 0. The molecule has 8 heteroatoms. The fourth-order valence-corrected chi connectivity index (χ4v) is 3.31. The number of rotatable bonds is 5. The summed E-state index contributed by atoms with van der Waals surface area (Å²) in [4.78, 5) is 35.3. The molecule has 1 aliphatic heterocycles. The van der Waals surface area contributed by atoms with Crippen molar-refractivity contribution in [2.24, 2.45) is 0 Å². The second-order valence-corrected chi connectivity index (χ2v) is 6.82. The molecule has 29 heavy (non-hydrogen) atoms. The number of nitrogens with one attached hydrogen (secondary N) is 2. The van der Waals surface area contributed by atoms with Gasteiger partial charge in [-0.05, 0) is 55.3 Å². The van der Waals surface area contributed by atoms with Gasteiger partial charge in [0.2, 0.25) is 5.95 Å². The number of amides is 2. The first-order valence-electron chi connectivity index (χ1n) is 9.47. The van der Waals surface area contributed by atoms with E-state index in [9.17, 15) is 9.59 Å². The first kappa shape index (κ1) is 18.7. The Morgan fingerprint density at radius 1 is 1.03 bits per heavy atom. The van der Waals surface area contributed by atoms with Crippen molar-refractivity contribution in [3.8, 4) is 0 Å². The highest BCUT2D eigenvalue weighted by molar-refractivity contribution is 6.02. The number of piperidine rings is 1. The second kappa shape index (κ2) is 8.55. The van der Waals surface area contributed by atoms with Crippen molar-refractivity contribution in [2.75, 3.05) is 23.3 Å². The largest absolute Gasteiger partial charge is 0.459 e. The highest BCUT2D eigenvalue weighted by atomic mass is 16.3. The Hall–Kier alpha value is -3.68. The summed E-state index contributed by atoms with van der Waals surface area (Å²) in [5, 5.41) is 5.81. The highest BCUT2D eigenvalue weighted by Crippen LogP contribution is 2.16. The molecule has 1 saturated heterocycles. The van der Waals surface area contributed by atoms with Crippen LogP contribution >= 0.6 is 0 Å². The van der Waals surface area contributed by atoms with E-state index in [4.69, 9.17) is 4.42 Å². The van der Waals surface area contributed by atoms with E-state index in [1.54, 1.807) is 54.9 Å². The van der Waals surface area contributed by atoms with Gasteiger partial charge in [-0.3, -0.25) is 9.59 Å². The van der Waals surface area contributed by atoms with Crippen molar-refractivity contribution in [3.05, 3.63) is 72.4 Å². The zero-order valence-electron chi connectivity index (χ0n) is 15.7. The first-order valence-corrected chi connectivity index (χ1v) is 9.47. The normalized spacial score (nSPS) is 16.3. The van der Waals surface area contributed by atoms with Crippen molar-refractivity contribution in [1.82, 2.24) is 15.3 Å². The average Bonchev–Trinajstić information content (AvgIpc) is 3.30. The van der Waals surface area contributed by atoms with E-state index in [1.807, 2.05) is 0 Å². The highest BCUT2D eigenvalue weighted by Gasteiger charge is 2.23. The minimum Gasteiger partial charge on any atom is -0.459 e. The minimum atomic E-state index is -0.336. The molecular formula is C21H21N5O3. The van der Waals surface area contributed by atoms with E-state index in [-0.39, 0.29) is 23.6 Å². The molecule has 0 aliphatic carbocycles. The van der Waals surface area contributed by atoms with Crippen LogP contribution in [0.5, 0.6) is 0 Å². The lowest BCUT2D eigenvalue weighted by molar-refractivity contribution is 0.0932. The van der Waals surface area contributed by atoms with Crippen molar-refractivity contribution >= 4 is 23.5 Å². The van der Waals surface area contributed by atoms with Crippen molar-refractivity contribution in [1.29, 1.82) is 0 Å². The number of aromatic nitrogens is 2. The maximum Gasteiger partial charge on any atom is 0.291 e. The van der Waals surface area contributed by atoms with Gasteiger partial charge in [-0.15, -0.1) is 0 Å². The molecule has 4 rings (SSSR count). The molecular weight excluding hydrogens is 370 g/mol. The van der Waals surface area contributed by atoms with Gasteiger partial charge in [-0.25, -0.2) is 9.97 Å². The summed E-state index contributed by atoms with van der Waals surface area (Å²) in [5.41, 5.74) is 1.13. The SMILES string of the molecule is O=C(NC1CCCN(c2ncccn2)C1)c1ccc(NC(=O)c2ccco2)cc1. The van der Waals surface area contributed by atoms with Crippen LogP contribution in [0, 0.1) is 0 Å². The van der Waals surface area contributed by atoms with Crippen LogP contribution in [0.15, 0.2) is 65.5 Å². The second-order valence-electron chi connectivity index (χ2n) is 6.82. The van der Waals surface area contributed by atoms with Gasteiger partial charge in [0.1, 0.15) is 0 Å². The van der Waals surface area contributed by atoms with Gasteiger partial charge in [0.15, 0.2) is 5.76 Å². The number of hydrogen-bond donors (Lipinski definition) is 2. The average molecular weight is 391 g/mol. The molecule has 0 bridgehead atoms. The third kappa shape index (κ3) is 4.60. The van der Waals surface area contributed by atoms with E-state index < -0.39 is 0 Å². The Balaban J connectivity index is 1.34. The Kier molecular flexibility index (Phi) is 5.51. The topological polar surface area (TPSA) is 100 Å². The van der Waals surface area contributed by atoms with Gasteiger partial charge >= 0.3 is 0 Å². The number of carbonyl (C=O) groups excluding carboxylic acids is 2. The van der Waals surface area contributed by atoms with Gasteiger partial charge in [0, 0.05) is 42.8 Å². The zero-order chi connectivity index (χ0) is 20.1. The molecule has 1 unspecified atom stereocenters. The van der Waals surface area contributed by atoms with Crippen LogP contribution in [0.25, 0.3) is 0 Å². The molecule has 8 nitrogen and oxygen atoms in total. The van der Waals surface area contributed by atoms with Gasteiger partial charge in [0.05, 0.1) is 6.26 Å². The lowest BCUT2D eigenvalue weighted by Crippen LogP contribution is -2.48. The smallest absolute Gasteiger partial charge is 0.291 e. The molecule has 1 fully saturated rings. The van der Waals surface area contributed by atoms with E-state index in [2.05, 4.69) is 25.5 Å². The number of nitrogens with zero attached hydrogens (tertiary/aromatic N) is 3. The van der Waals surface area contributed by atoms with Crippen LogP contribution in [0.3, 0.4) is 0 Å². The molecule has 0 spiro atoms. The predicted molar refractivity (Wildman–Crippen MR) is 108 cm³/mol. The fraction of sp³-hybridized carbons (Fsp3) is 0.238. The molecule has 3 heterocycles. The van der Waals surface area contributed by atoms with Crippen LogP contribution in [0.2, 0.25) is 0 Å². The monoisotopic (exact) mass is 391 g/mol. The maximum atomic E-state index is 12.6. The maximum absolute atomic E-state index is 12.6. The third-order valence-corrected chi connectivity index (χ3v) is 4.74. The van der Waals surface area contributed by atoms with Gasteiger partial charge in [0.25, 0.3) is 11.8 Å². The van der Waals surface area contributed by atoms with Gasteiger partial charge in [-0.2, -0.15) is 0 Å². The Morgan fingerprint density at radius 2 is 1.83 bits per heavy atom. The lowest BCUT2D eigenvalue weighted by Gasteiger charge is -2.33. The minimum absolute atomic E-state index is 0.0263. The van der Waals surface area contributed by atoms with E-state index in [0.29, 0.717) is 23.7 Å². The predicted octanol–water partition coefficient (Wildman–Crippen LogP) is 2.72. The molecule has 2 aromatic heterocycles. The molecule has 148 valence electrons. The van der Waals surface area contributed by atoms with E-state index in [0.717, 1.165) is 19.4 Å². The quantitative estimate of drug-likeness (QED) is 0.694. The Bertz CT molecular complexity index is 958. The molecule has 1 aromatic carbocycles. The standard InChI is InChI=1S/C21H21N5O3/c27-19(25-17-4-1-12-26(14-17)21-22-10-3-11-23-21)15-6-8-16(9-7-15)24-20(28)18-5-2-13-29-18/h2-3,5-11,13,17H,1,4,12,14H2,(H,24,28)(H,25,27). The number of carbonyl (C=O) groups is 2. The van der Waals surface area contributed by atoms with Crippen LogP contribution in [0.4, 0.5) is 11.6 Å². The van der Waals surface area contributed by atoms with Crippen molar-refractivity contribution < 1.29 is 14.0 Å². The van der Waals surface area contributed by atoms with Gasteiger partial charge in [-0.1, -0.05) is 0 Å². The van der Waals surface area contributed by atoms with E-state index in [1.165, 1.54) is 6.26 Å². The van der Waals surface area contributed by atoms with Crippen LogP contribution in [0.1, 0.15) is 33.8 Å². The summed E-state index contributed by atoms with van der Waals surface area (Å²) >= 11 is 0. The molecule has 0 saturated carbocycles. The van der Waals surface area contributed by atoms with Crippen LogP contribution in [-0.4, -0.2) is 40.9 Å². The molecule has 2 N–H and O–H groups in total. The number of benzene rings is 1. The van der Waals surface area contributed by atoms with Gasteiger partial charge < -0.3 is 20.0 Å².